The highest BCUT2D eigenvalue weighted by atomic mass is 16.5. The van der Waals surface area contributed by atoms with Crippen molar-refractivity contribution < 1.29 is 9.53 Å². The highest BCUT2D eigenvalue weighted by molar-refractivity contribution is 5.96. The van der Waals surface area contributed by atoms with E-state index >= 15 is 0 Å². The van der Waals surface area contributed by atoms with E-state index in [1.807, 2.05) is 31.2 Å². The van der Waals surface area contributed by atoms with Gasteiger partial charge in [0.15, 0.2) is 0 Å². The fourth-order valence-electron chi connectivity index (χ4n) is 3.08. The Kier molecular flexibility index (Phi) is 5.71. The zero-order valence-electron chi connectivity index (χ0n) is 15.7. The van der Waals surface area contributed by atoms with E-state index in [4.69, 9.17) is 4.74 Å². The third kappa shape index (κ3) is 4.31. The Morgan fingerprint density at radius 2 is 2.00 bits per heavy atom. The lowest BCUT2D eigenvalue weighted by molar-refractivity contribution is 0.0527. The number of aromatic nitrogens is 2. The van der Waals surface area contributed by atoms with Gasteiger partial charge in [-0.2, -0.15) is 4.98 Å². The molecule has 0 aliphatic carbocycles. The van der Waals surface area contributed by atoms with Gasteiger partial charge in [-0.05, 0) is 44.7 Å². The summed E-state index contributed by atoms with van der Waals surface area (Å²) in [7, 11) is 0. The summed E-state index contributed by atoms with van der Waals surface area (Å²) in [5.74, 6) is 1.84. The van der Waals surface area contributed by atoms with Gasteiger partial charge < -0.3 is 15.0 Å². The van der Waals surface area contributed by atoms with Crippen LogP contribution in [0.4, 0.5) is 17.5 Å². The second kappa shape index (κ2) is 8.17. The zero-order valence-corrected chi connectivity index (χ0v) is 15.7. The molecule has 6 nitrogen and oxygen atoms in total. The number of para-hydroxylation sites is 1. The first-order valence-corrected chi connectivity index (χ1v) is 9.20. The minimum Gasteiger partial charge on any atom is -0.462 e. The van der Waals surface area contributed by atoms with E-state index in [2.05, 4.69) is 27.1 Å². The van der Waals surface area contributed by atoms with E-state index in [1.54, 1.807) is 13.0 Å². The summed E-state index contributed by atoms with van der Waals surface area (Å²) in [4.78, 5) is 23.7. The van der Waals surface area contributed by atoms with Gasteiger partial charge in [-0.1, -0.05) is 19.1 Å². The smallest absolute Gasteiger partial charge is 0.340 e. The number of nitrogens with one attached hydrogen (secondary N) is 1. The van der Waals surface area contributed by atoms with E-state index in [0.717, 1.165) is 43.5 Å². The minimum absolute atomic E-state index is 0.341. The van der Waals surface area contributed by atoms with Crippen molar-refractivity contribution in [2.24, 2.45) is 5.92 Å². The number of hydrogen-bond acceptors (Lipinski definition) is 6. The maximum Gasteiger partial charge on any atom is 0.340 e. The molecule has 0 spiro atoms. The molecule has 3 rings (SSSR count). The van der Waals surface area contributed by atoms with Gasteiger partial charge in [0.05, 0.1) is 17.9 Å². The van der Waals surface area contributed by atoms with Crippen LogP contribution >= 0.6 is 0 Å². The average molecular weight is 354 g/mol. The molecule has 0 radical (unpaired) electrons. The van der Waals surface area contributed by atoms with Gasteiger partial charge in [0.25, 0.3) is 0 Å². The van der Waals surface area contributed by atoms with Gasteiger partial charge in [0.1, 0.15) is 5.82 Å². The first-order valence-electron chi connectivity index (χ1n) is 9.20. The molecule has 1 N–H and O–H groups in total. The fourth-order valence-corrected chi connectivity index (χ4v) is 3.08. The summed E-state index contributed by atoms with van der Waals surface area (Å²) < 4.78 is 5.14. The summed E-state index contributed by atoms with van der Waals surface area (Å²) >= 11 is 0. The summed E-state index contributed by atoms with van der Waals surface area (Å²) in [6.45, 7) is 8.34. The number of carbonyl (C=O) groups excluding carboxylic acids is 1. The van der Waals surface area contributed by atoms with E-state index in [0.29, 0.717) is 23.7 Å². The van der Waals surface area contributed by atoms with E-state index in [9.17, 15) is 4.79 Å². The number of carbonyl (C=O) groups is 1. The van der Waals surface area contributed by atoms with Crippen molar-refractivity contribution in [3.05, 3.63) is 41.6 Å². The topological polar surface area (TPSA) is 67.3 Å². The monoisotopic (exact) mass is 354 g/mol. The number of esters is 1. The van der Waals surface area contributed by atoms with Gasteiger partial charge in [-0.3, -0.25) is 0 Å². The molecule has 0 amide bonds. The molecule has 1 aromatic carbocycles. The Morgan fingerprint density at radius 1 is 1.27 bits per heavy atom. The van der Waals surface area contributed by atoms with Crippen molar-refractivity contribution in [1.82, 2.24) is 9.97 Å². The molecule has 0 bridgehead atoms. The average Bonchev–Trinajstić information content (AvgIpc) is 2.62. The third-order valence-electron chi connectivity index (χ3n) is 4.59. The molecule has 26 heavy (non-hydrogen) atoms. The molecular formula is C20H26N4O2. The van der Waals surface area contributed by atoms with Crippen molar-refractivity contribution in [2.45, 2.75) is 33.6 Å². The van der Waals surface area contributed by atoms with Crippen molar-refractivity contribution in [1.29, 1.82) is 0 Å². The largest absolute Gasteiger partial charge is 0.462 e. The Bertz CT molecular complexity index is 770. The Morgan fingerprint density at radius 3 is 2.73 bits per heavy atom. The van der Waals surface area contributed by atoms with Gasteiger partial charge in [-0.25, -0.2) is 9.78 Å². The summed E-state index contributed by atoms with van der Waals surface area (Å²) in [5.41, 5.74) is 2.07. The molecule has 2 heterocycles. The van der Waals surface area contributed by atoms with Crippen molar-refractivity contribution in [3.8, 4) is 0 Å². The van der Waals surface area contributed by atoms with Crippen molar-refractivity contribution >= 4 is 23.4 Å². The number of aryl methyl sites for hydroxylation is 1. The van der Waals surface area contributed by atoms with Gasteiger partial charge in [-0.15, -0.1) is 0 Å². The summed E-state index contributed by atoms with van der Waals surface area (Å²) in [5, 5.41) is 3.26. The molecule has 1 aliphatic heterocycles. The molecule has 0 saturated carbocycles. The molecule has 1 saturated heterocycles. The van der Waals surface area contributed by atoms with Crippen LogP contribution in [-0.4, -0.2) is 35.6 Å². The highest BCUT2D eigenvalue weighted by Gasteiger charge is 2.19. The van der Waals surface area contributed by atoms with E-state index in [1.165, 1.54) is 0 Å². The van der Waals surface area contributed by atoms with Gasteiger partial charge in [0, 0.05) is 24.8 Å². The predicted molar refractivity (Wildman–Crippen MR) is 103 cm³/mol. The van der Waals surface area contributed by atoms with Crippen LogP contribution in [0.1, 0.15) is 42.7 Å². The third-order valence-corrected chi connectivity index (χ3v) is 4.59. The maximum atomic E-state index is 12.2. The lowest BCUT2D eigenvalue weighted by atomic mass is 10.00. The van der Waals surface area contributed by atoms with Crippen LogP contribution in [0.3, 0.4) is 0 Å². The SMILES string of the molecule is CCOC(=O)c1ccccc1Nc1cc(C)nc(N2CCC(C)CC2)n1. The quantitative estimate of drug-likeness (QED) is 0.820. The second-order valence-electron chi connectivity index (χ2n) is 6.76. The molecule has 1 aromatic heterocycles. The first-order chi connectivity index (χ1) is 12.6. The number of ether oxygens (including phenoxy) is 1. The number of rotatable bonds is 5. The van der Waals surface area contributed by atoms with Crippen LogP contribution in [0.25, 0.3) is 0 Å². The lowest BCUT2D eigenvalue weighted by Crippen LogP contribution is -2.34. The minimum atomic E-state index is -0.341. The number of anilines is 3. The summed E-state index contributed by atoms with van der Waals surface area (Å²) in [6, 6.07) is 9.19. The molecular weight excluding hydrogens is 328 g/mol. The Balaban J connectivity index is 1.84. The molecule has 6 heteroatoms. The summed E-state index contributed by atoms with van der Waals surface area (Å²) in [6.07, 6.45) is 2.32. The molecule has 138 valence electrons. The van der Waals surface area contributed by atoms with Gasteiger partial charge in [0.2, 0.25) is 5.95 Å². The van der Waals surface area contributed by atoms with E-state index in [-0.39, 0.29) is 5.97 Å². The van der Waals surface area contributed by atoms with Crippen LogP contribution in [0.15, 0.2) is 30.3 Å². The van der Waals surface area contributed by atoms with Crippen LogP contribution in [-0.2, 0) is 4.74 Å². The standard InChI is InChI=1S/C20H26N4O2/c1-4-26-19(25)16-7-5-6-8-17(16)22-18-13-15(3)21-20(23-18)24-11-9-14(2)10-12-24/h5-8,13-14H,4,9-12H2,1-3H3,(H,21,22,23). The number of piperidine rings is 1. The van der Waals surface area contributed by atoms with Crippen molar-refractivity contribution in [3.63, 3.8) is 0 Å². The van der Waals surface area contributed by atoms with Crippen LogP contribution in [0.5, 0.6) is 0 Å². The Labute approximate surface area is 154 Å². The lowest BCUT2D eigenvalue weighted by Gasteiger charge is -2.30. The number of nitrogens with zero attached hydrogens (tertiary/aromatic N) is 3. The molecule has 2 aromatic rings. The number of benzene rings is 1. The van der Waals surface area contributed by atoms with Gasteiger partial charge >= 0.3 is 5.97 Å². The predicted octanol–water partition coefficient (Wildman–Crippen LogP) is 3.94. The molecule has 1 fully saturated rings. The normalized spacial score (nSPS) is 15.0. The Hall–Kier alpha value is -2.63. The maximum absolute atomic E-state index is 12.2. The molecule has 1 aliphatic rings. The highest BCUT2D eigenvalue weighted by Crippen LogP contribution is 2.25. The first kappa shape index (κ1) is 18.2. The molecule has 0 atom stereocenters. The van der Waals surface area contributed by atoms with Crippen LogP contribution in [0, 0.1) is 12.8 Å². The number of hydrogen-bond donors (Lipinski definition) is 1. The van der Waals surface area contributed by atoms with Crippen molar-refractivity contribution in [2.75, 3.05) is 29.9 Å². The zero-order chi connectivity index (χ0) is 18.5. The molecule has 0 unspecified atom stereocenters. The van der Waals surface area contributed by atoms with Crippen LogP contribution in [0.2, 0.25) is 0 Å². The second-order valence-corrected chi connectivity index (χ2v) is 6.76. The fraction of sp³-hybridized carbons (Fsp3) is 0.450. The van der Waals surface area contributed by atoms with Crippen LogP contribution < -0.4 is 10.2 Å². The van der Waals surface area contributed by atoms with E-state index < -0.39 is 0 Å².